The number of hydrogen-bond acceptors (Lipinski definition) is 7. The molecule has 9 N–H and O–H groups in total. The highest BCUT2D eigenvalue weighted by Crippen LogP contribution is 2.02. The Bertz CT molecular complexity index is 592. The van der Waals surface area contributed by atoms with Crippen LogP contribution in [0.4, 0.5) is 0 Å². The summed E-state index contributed by atoms with van der Waals surface area (Å²) in [5.74, 6) is -7.40. The summed E-state index contributed by atoms with van der Waals surface area (Å²) in [4.78, 5) is 67.0. The smallest absolute Gasteiger partial charge is 0.326 e. The second kappa shape index (κ2) is 10.6. The Kier molecular flexibility index (Phi) is 9.29. The first kappa shape index (κ1) is 22.8. The van der Waals surface area contributed by atoms with Crippen molar-refractivity contribution in [1.29, 1.82) is 0 Å². The molecule has 26 heavy (non-hydrogen) atoms. The standard InChI is InChI=1S/C13H20N4O9/c14-5(3-8(15)18)11(23)16-6(1-2-9(19)20)12(24)17-7(13(25)26)4-10(21)22/h5-7H,1-4,14H2,(H2,15,18)(H,16,23)(H,17,24)(H,19,20)(H,21,22)(H,25,26). The molecule has 0 saturated heterocycles. The van der Waals surface area contributed by atoms with E-state index >= 15 is 0 Å². The van der Waals surface area contributed by atoms with Crippen molar-refractivity contribution in [2.24, 2.45) is 11.5 Å². The van der Waals surface area contributed by atoms with Crippen LogP contribution >= 0.6 is 0 Å². The molecule has 0 aromatic carbocycles. The van der Waals surface area contributed by atoms with Crippen molar-refractivity contribution in [2.75, 3.05) is 0 Å². The maximum atomic E-state index is 12.1. The first-order valence-electron chi connectivity index (χ1n) is 7.25. The number of carboxylic acids is 3. The minimum Gasteiger partial charge on any atom is -0.481 e. The molecule has 3 unspecified atom stereocenters. The predicted molar refractivity (Wildman–Crippen MR) is 82.4 cm³/mol. The van der Waals surface area contributed by atoms with Gasteiger partial charge in [0.2, 0.25) is 17.7 Å². The third-order valence-corrected chi connectivity index (χ3v) is 3.03. The van der Waals surface area contributed by atoms with Gasteiger partial charge in [-0.1, -0.05) is 0 Å². The van der Waals surface area contributed by atoms with Gasteiger partial charge in [-0.15, -0.1) is 0 Å². The second-order valence-corrected chi connectivity index (χ2v) is 5.27. The van der Waals surface area contributed by atoms with E-state index in [0.29, 0.717) is 0 Å². The summed E-state index contributed by atoms with van der Waals surface area (Å²) < 4.78 is 0. The molecule has 0 aliphatic carbocycles. The van der Waals surface area contributed by atoms with E-state index in [1.54, 1.807) is 0 Å². The van der Waals surface area contributed by atoms with Gasteiger partial charge in [-0.25, -0.2) is 4.79 Å². The third-order valence-electron chi connectivity index (χ3n) is 3.03. The van der Waals surface area contributed by atoms with E-state index in [-0.39, 0.29) is 0 Å². The Morgan fingerprint density at radius 3 is 1.77 bits per heavy atom. The van der Waals surface area contributed by atoms with Gasteiger partial charge < -0.3 is 37.4 Å². The molecule has 0 heterocycles. The summed E-state index contributed by atoms with van der Waals surface area (Å²) in [7, 11) is 0. The molecule has 146 valence electrons. The minimum atomic E-state index is -1.79. The molecule has 0 aliphatic heterocycles. The fourth-order valence-electron chi connectivity index (χ4n) is 1.77. The lowest BCUT2D eigenvalue weighted by atomic mass is 10.1. The molecule has 13 heteroatoms. The molecule has 0 bridgehead atoms. The molecule has 0 fully saturated rings. The highest BCUT2D eigenvalue weighted by molar-refractivity contribution is 5.94. The lowest BCUT2D eigenvalue weighted by Crippen LogP contribution is -2.55. The van der Waals surface area contributed by atoms with E-state index in [1.165, 1.54) is 0 Å². The molecule has 0 spiro atoms. The summed E-state index contributed by atoms with van der Waals surface area (Å²) in [5, 5.41) is 30.2. The van der Waals surface area contributed by atoms with E-state index in [0.717, 1.165) is 0 Å². The van der Waals surface area contributed by atoms with Gasteiger partial charge in [0.15, 0.2) is 0 Å². The normalized spacial score (nSPS) is 13.7. The number of amides is 3. The Morgan fingerprint density at radius 1 is 0.808 bits per heavy atom. The van der Waals surface area contributed by atoms with Gasteiger partial charge in [0.25, 0.3) is 0 Å². The lowest BCUT2D eigenvalue weighted by Gasteiger charge is -2.21. The van der Waals surface area contributed by atoms with Gasteiger partial charge in [-0.3, -0.25) is 24.0 Å². The van der Waals surface area contributed by atoms with Gasteiger partial charge in [0.05, 0.1) is 18.9 Å². The molecule has 0 aromatic heterocycles. The summed E-state index contributed by atoms with van der Waals surface area (Å²) >= 11 is 0. The van der Waals surface area contributed by atoms with Crippen LogP contribution in [-0.2, 0) is 28.8 Å². The summed E-state index contributed by atoms with van der Waals surface area (Å²) in [6.45, 7) is 0. The molecule has 0 saturated carbocycles. The fourth-order valence-corrected chi connectivity index (χ4v) is 1.77. The largest absolute Gasteiger partial charge is 0.481 e. The average Bonchev–Trinajstić information content (AvgIpc) is 2.48. The Hall–Kier alpha value is -3.22. The quantitative estimate of drug-likeness (QED) is 0.178. The monoisotopic (exact) mass is 376 g/mol. The van der Waals surface area contributed by atoms with Crippen LogP contribution in [0.5, 0.6) is 0 Å². The second-order valence-electron chi connectivity index (χ2n) is 5.27. The van der Waals surface area contributed by atoms with Crippen LogP contribution in [0, 0.1) is 0 Å². The first-order valence-corrected chi connectivity index (χ1v) is 7.25. The number of nitrogens with two attached hydrogens (primary N) is 2. The van der Waals surface area contributed by atoms with Crippen LogP contribution in [0.2, 0.25) is 0 Å². The van der Waals surface area contributed by atoms with E-state index in [4.69, 9.17) is 26.8 Å². The highest BCUT2D eigenvalue weighted by atomic mass is 16.4. The van der Waals surface area contributed by atoms with Crippen LogP contribution in [0.25, 0.3) is 0 Å². The molecule has 0 aliphatic rings. The molecule has 0 aromatic rings. The zero-order valence-corrected chi connectivity index (χ0v) is 13.5. The van der Waals surface area contributed by atoms with Crippen LogP contribution in [-0.4, -0.2) is 69.1 Å². The average molecular weight is 376 g/mol. The van der Waals surface area contributed by atoms with Crippen molar-refractivity contribution in [3.63, 3.8) is 0 Å². The fraction of sp³-hybridized carbons (Fsp3) is 0.538. The third kappa shape index (κ3) is 9.17. The molecule has 3 atom stereocenters. The number of hydrogen-bond donors (Lipinski definition) is 7. The van der Waals surface area contributed by atoms with Crippen molar-refractivity contribution in [2.45, 2.75) is 43.8 Å². The van der Waals surface area contributed by atoms with Crippen LogP contribution in [0.15, 0.2) is 0 Å². The SMILES string of the molecule is NC(=O)CC(N)C(=O)NC(CCC(=O)O)C(=O)NC(CC(=O)O)C(=O)O. The predicted octanol–water partition coefficient (Wildman–Crippen LogP) is -3.42. The van der Waals surface area contributed by atoms with Crippen molar-refractivity contribution >= 4 is 35.6 Å². The van der Waals surface area contributed by atoms with Crippen LogP contribution in [0.3, 0.4) is 0 Å². The lowest BCUT2D eigenvalue weighted by molar-refractivity contribution is -0.147. The number of nitrogens with one attached hydrogen (secondary N) is 2. The molecule has 3 amide bonds. The molecule has 13 nitrogen and oxygen atoms in total. The number of primary amides is 1. The number of carbonyl (C=O) groups excluding carboxylic acids is 3. The Labute approximate surface area is 146 Å². The van der Waals surface area contributed by atoms with E-state index < -0.39 is 79.4 Å². The highest BCUT2D eigenvalue weighted by Gasteiger charge is 2.29. The topological polar surface area (TPSA) is 239 Å². The molecule has 0 rings (SSSR count). The zero-order chi connectivity index (χ0) is 20.4. The Morgan fingerprint density at radius 2 is 1.35 bits per heavy atom. The van der Waals surface area contributed by atoms with Gasteiger partial charge in [0.1, 0.15) is 12.1 Å². The zero-order valence-electron chi connectivity index (χ0n) is 13.5. The van der Waals surface area contributed by atoms with Crippen molar-refractivity contribution in [1.82, 2.24) is 10.6 Å². The van der Waals surface area contributed by atoms with E-state index in [2.05, 4.69) is 5.32 Å². The molecule has 0 radical (unpaired) electrons. The van der Waals surface area contributed by atoms with E-state index in [1.807, 2.05) is 5.32 Å². The summed E-state index contributed by atoms with van der Waals surface area (Å²) in [6, 6.07) is -4.70. The summed E-state index contributed by atoms with van der Waals surface area (Å²) in [5.41, 5.74) is 10.3. The van der Waals surface area contributed by atoms with E-state index in [9.17, 15) is 28.8 Å². The van der Waals surface area contributed by atoms with Crippen LogP contribution in [0.1, 0.15) is 25.7 Å². The maximum Gasteiger partial charge on any atom is 0.326 e. The van der Waals surface area contributed by atoms with Crippen molar-refractivity contribution < 1.29 is 44.1 Å². The number of aliphatic carboxylic acids is 3. The summed E-state index contributed by atoms with van der Waals surface area (Å²) in [6.07, 6.45) is -2.44. The van der Waals surface area contributed by atoms with Gasteiger partial charge in [-0.2, -0.15) is 0 Å². The molecular formula is C13H20N4O9. The minimum absolute atomic E-state index is 0.421. The van der Waals surface area contributed by atoms with Crippen LogP contribution < -0.4 is 22.1 Å². The number of rotatable bonds is 12. The van der Waals surface area contributed by atoms with Gasteiger partial charge >= 0.3 is 17.9 Å². The first-order chi connectivity index (χ1) is 11.9. The molecular weight excluding hydrogens is 356 g/mol. The van der Waals surface area contributed by atoms with Crippen molar-refractivity contribution in [3.8, 4) is 0 Å². The van der Waals surface area contributed by atoms with Gasteiger partial charge in [-0.05, 0) is 6.42 Å². The number of carbonyl (C=O) groups is 6. The van der Waals surface area contributed by atoms with Crippen molar-refractivity contribution in [3.05, 3.63) is 0 Å². The number of carboxylic acid groups (broad SMARTS) is 3. The Balaban J connectivity index is 5.14. The van der Waals surface area contributed by atoms with Gasteiger partial charge in [0, 0.05) is 6.42 Å². The maximum absolute atomic E-state index is 12.1.